The van der Waals surface area contributed by atoms with Crippen LogP contribution in [0.3, 0.4) is 0 Å². The first-order chi connectivity index (χ1) is 14.4. The second-order valence-electron chi connectivity index (χ2n) is 7.08. The molecule has 1 heterocycles. The first kappa shape index (κ1) is 23.6. The highest BCUT2D eigenvalue weighted by atomic mass is 35.5. The average molecular weight is 504 g/mol. The van der Waals surface area contributed by atoms with Gasteiger partial charge in [0.05, 0.1) is 27.7 Å². The van der Waals surface area contributed by atoms with Crippen LogP contribution in [-0.4, -0.2) is 26.5 Å². The number of rotatable bonds is 6. The van der Waals surface area contributed by atoms with Gasteiger partial charge in [-0.2, -0.15) is 19.1 Å². The summed E-state index contributed by atoms with van der Waals surface area (Å²) in [5.74, 6) is -0.528. The Labute approximate surface area is 196 Å². The summed E-state index contributed by atoms with van der Waals surface area (Å²) in [6, 6.07) is 9.26. The van der Waals surface area contributed by atoms with Gasteiger partial charge in [0.15, 0.2) is 0 Å². The summed E-state index contributed by atoms with van der Waals surface area (Å²) in [4.78, 5) is 12.9. The van der Waals surface area contributed by atoms with E-state index in [4.69, 9.17) is 34.8 Å². The molecule has 0 aliphatic heterocycles. The average Bonchev–Trinajstić information content (AvgIpc) is 3.09. The smallest absolute Gasteiger partial charge is 0.295 e. The molecule has 31 heavy (non-hydrogen) atoms. The molecule has 0 spiro atoms. The number of hydrogen-bond donors (Lipinski definition) is 1. The van der Waals surface area contributed by atoms with Gasteiger partial charge in [-0.1, -0.05) is 46.6 Å². The zero-order valence-corrected chi connectivity index (χ0v) is 19.3. The topological polar surface area (TPSA) is 70.7 Å². The minimum absolute atomic E-state index is 0.00416. The van der Waals surface area contributed by atoms with Gasteiger partial charge in [-0.05, 0) is 37.3 Å². The molecular weight excluding hydrogens is 489 g/mol. The zero-order chi connectivity index (χ0) is 23.0. The number of halogens is 5. The summed E-state index contributed by atoms with van der Waals surface area (Å²) in [5.41, 5.74) is -0.716. The van der Waals surface area contributed by atoms with Gasteiger partial charge in [-0.3, -0.25) is 9.48 Å². The van der Waals surface area contributed by atoms with Crippen molar-refractivity contribution in [1.29, 1.82) is 5.26 Å². The first-order valence-electron chi connectivity index (χ1n) is 8.82. The van der Waals surface area contributed by atoms with Gasteiger partial charge < -0.3 is 5.32 Å². The maximum Gasteiger partial charge on any atom is 0.295 e. The van der Waals surface area contributed by atoms with Crippen molar-refractivity contribution in [2.45, 2.75) is 36.1 Å². The van der Waals surface area contributed by atoms with Crippen molar-refractivity contribution in [3.05, 3.63) is 57.2 Å². The molecule has 5 nitrogen and oxygen atoms in total. The van der Waals surface area contributed by atoms with Crippen LogP contribution in [-0.2, 0) is 6.54 Å². The quantitative estimate of drug-likeness (QED) is 0.311. The molecule has 162 valence electrons. The van der Waals surface area contributed by atoms with Gasteiger partial charge in [0.2, 0.25) is 0 Å². The van der Waals surface area contributed by atoms with Crippen molar-refractivity contribution in [1.82, 2.24) is 15.1 Å². The van der Waals surface area contributed by atoms with Crippen LogP contribution in [0, 0.1) is 11.3 Å². The standard InChI is InChI=1S/C20H15Cl3F2N4OS/c1-19(9-26,10-29-8-13-14(21)7-15(22)16(23)17(13)28-29)27-18(30)11-3-5-12(6-4-11)31-20(2,24)25/h3-8H,10H2,1-2H3,(H,27,30). The summed E-state index contributed by atoms with van der Waals surface area (Å²) >= 11 is 18.8. The predicted octanol–water partition coefficient (Wildman–Crippen LogP) is 6.41. The Hall–Kier alpha value is -2.05. The first-order valence-corrected chi connectivity index (χ1v) is 10.8. The Balaban J connectivity index is 1.79. The molecule has 0 aliphatic rings. The molecule has 2 aromatic carbocycles. The summed E-state index contributed by atoms with van der Waals surface area (Å²) < 4.78 is 27.7. The number of carbonyl (C=O) groups excluding carboxylic acids is 1. The number of amides is 1. The molecule has 0 saturated carbocycles. The Morgan fingerprint density at radius 2 is 1.87 bits per heavy atom. The van der Waals surface area contributed by atoms with Gasteiger partial charge in [0.25, 0.3) is 11.2 Å². The summed E-state index contributed by atoms with van der Waals surface area (Å²) in [6.45, 7) is 2.34. The molecule has 1 N–H and O–H groups in total. The van der Waals surface area contributed by atoms with Crippen molar-refractivity contribution in [3.63, 3.8) is 0 Å². The molecular formula is C20H15Cl3F2N4OS. The van der Waals surface area contributed by atoms with E-state index >= 15 is 0 Å². The maximum atomic E-state index is 13.1. The van der Waals surface area contributed by atoms with E-state index in [1.807, 2.05) is 0 Å². The van der Waals surface area contributed by atoms with E-state index < -0.39 is 16.7 Å². The summed E-state index contributed by atoms with van der Waals surface area (Å²) in [6.07, 6.45) is 1.61. The summed E-state index contributed by atoms with van der Waals surface area (Å²) in [7, 11) is 0. The molecule has 1 atom stereocenters. The Bertz CT molecular complexity index is 1190. The van der Waals surface area contributed by atoms with Crippen LogP contribution in [0.25, 0.3) is 10.9 Å². The van der Waals surface area contributed by atoms with Crippen molar-refractivity contribution < 1.29 is 13.6 Å². The molecule has 0 fully saturated rings. The maximum absolute atomic E-state index is 13.1. The zero-order valence-electron chi connectivity index (χ0n) is 16.2. The molecule has 0 saturated heterocycles. The molecule has 1 unspecified atom stereocenters. The van der Waals surface area contributed by atoms with Gasteiger partial charge in [0, 0.05) is 29.0 Å². The fraction of sp³-hybridized carbons (Fsp3) is 0.250. The van der Waals surface area contributed by atoms with Crippen LogP contribution >= 0.6 is 46.6 Å². The molecule has 0 aliphatic carbocycles. The van der Waals surface area contributed by atoms with E-state index in [1.165, 1.54) is 41.9 Å². The number of nitrogens with zero attached hydrogens (tertiary/aromatic N) is 3. The van der Waals surface area contributed by atoms with Crippen molar-refractivity contribution in [2.24, 2.45) is 0 Å². The number of hydrogen-bond acceptors (Lipinski definition) is 4. The normalized spacial score (nSPS) is 13.6. The second kappa shape index (κ2) is 8.83. The molecule has 11 heteroatoms. The van der Waals surface area contributed by atoms with Gasteiger partial charge >= 0.3 is 0 Å². The fourth-order valence-electron chi connectivity index (χ4n) is 2.84. The van der Waals surface area contributed by atoms with E-state index in [0.29, 0.717) is 32.6 Å². The van der Waals surface area contributed by atoms with Crippen LogP contribution < -0.4 is 5.32 Å². The third kappa shape index (κ3) is 5.60. The lowest BCUT2D eigenvalue weighted by Gasteiger charge is -2.23. The number of fused-ring (bicyclic) bond motifs is 1. The summed E-state index contributed by atoms with van der Waals surface area (Å²) in [5, 5.41) is 15.1. The number of carbonyl (C=O) groups is 1. The Morgan fingerprint density at radius 3 is 2.45 bits per heavy atom. The lowest BCUT2D eigenvalue weighted by molar-refractivity contribution is 0.0917. The molecule has 0 bridgehead atoms. The number of thioether (sulfide) groups is 1. The van der Waals surface area contributed by atoms with Crippen molar-refractivity contribution >= 4 is 63.4 Å². The van der Waals surface area contributed by atoms with Gasteiger partial charge in [0.1, 0.15) is 11.1 Å². The Morgan fingerprint density at radius 1 is 1.23 bits per heavy atom. The van der Waals surface area contributed by atoms with E-state index in [2.05, 4.69) is 16.5 Å². The monoisotopic (exact) mass is 502 g/mol. The molecule has 1 aromatic heterocycles. The van der Waals surface area contributed by atoms with Crippen molar-refractivity contribution in [3.8, 4) is 6.07 Å². The third-order valence-corrected chi connectivity index (χ3v) is 6.17. The number of nitriles is 1. The van der Waals surface area contributed by atoms with Crippen LogP contribution in [0.5, 0.6) is 0 Å². The highest BCUT2D eigenvalue weighted by Crippen LogP contribution is 2.36. The van der Waals surface area contributed by atoms with Crippen molar-refractivity contribution in [2.75, 3.05) is 0 Å². The predicted molar refractivity (Wildman–Crippen MR) is 119 cm³/mol. The SMILES string of the molecule is CC(C#N)(Cn1cc2c(Cl)cc(Cl)c(Cl)c2n1)NC(=O)c1ccc(SC(C)(F)F)cc1. The highest BCUT2D eigenvalue weighted by Gasteiger charge is 2.29. The third-order valence-electron chi connectivity index (χ3n) is 4.22. The fourth-order valence-corrected chi connectivity index (χ4v) is 4.22. The molecule has 3 aromatic rings. The highest BCUT2D eigenvalue weighted by molar-refractivity contribution is 8.00. The van der Waals surface area contributed by atoms with Crippen LogP contribution in [0.15, 0.2) is 41.4 Å². The van der Waals surface area contributed by atoms with Gasteiger partial charge in [-0.15, -0.1) is 0 Å². The largest absolute Gasteiger partial charge is 0.332 e. The lowest BCUT2D eigenvalue weighted by atomic mass is 10.0. The van der Waals surface area contributed by atoms with E-state index in [-0.39, 0.29) is 22.2 Å². The van der Waals surface area contributed by atoms with E-state index in [1.54, 1.807) is 6.20 Å². The minimum atomic E-state index is -2.92. The second-order valence-corrected chi connectivity index (χ2v) is 9.66. The van der Waals surface area contributed by atoms with Crippen LogP contribution in [0.4, 0.5) is 8.78 Å². The van der Waals surface area contributed by atoms with Crippen LogP contribution in [0.1, 0.15) is 24.2 Å². The van der Waals surface area contributed by atoms with Crippen LogP contribution in [0.2, 0.25) is 15.1 Å². The molecule has 1 amide bonds. The van der Waals surface area contributed by atoms with E-state index in [9.17, 15) is 18.8 Å². The Kier molecular flexibility index (Phi) is 6.72. The number of nitrogens with one attached hydrogen (secondary N) is 1. The molecule has 3 rings (SSSR count). The minimum Gasteiger partial charge on any atom is -0.332 e. The van der Waals surface area contributed by atoms with E-state index in [0.717, 1.165) is 6.92 Å². The number of benzene rings is 2. The number of alkyl halides is 2. The molecule has 0 radical (unpaired) electrons. The number of aromatic nitrogens is 2. The van der Waals surface area contributed by atoms with Gasteiger partial charge in [-0.25, -0.2) is 0 Å². The lowest BCUT2D eigenvalue weighted by Crippen LogP contribution is -2.48.